The van der Waals surface area contributed by atoms with Gasteiger partial charge in [0, 0.05) is 24.4 Å². The summed E-state index contributed by atoms with van der Waals surface area (Å²) < 4.78 is 5.20. The molecule has 0 bridgehead atoms. The molecule has 2 aromatic rings. The van der Waals surface area contributed by atoms with Gasteiger partial charge in [-0.1, -0.05) is 23.4 Å². The van der Waals surface area contributed by atoms with E-state index in [2.05, 4.69) is 15.8 Å². The third-order valence-electron chi connectivity index (χ3n) is 5.31. The summed E-state index contributed by atoms with van der Waals surface area (Å²) in [6.45, 7) is 5.18. The summed E-state index contributed by atoms with van der Waals surface area (Å²) >= 11 is 0. The lowest BCUT2D eigenvalue weighted by atomic mass is 9.97. The number of aryl methyl sites for hydroxylation is 2. The van der Waals surface area contributed by atoms with Crippen LogP contribution < -0.4 is 10.6 Å². The second-order valence-electron chi connectivity index (χ2n) is 7.61. The number of carboxylic acid groups (broad SMARTS) is 1. The highest BCUT2D eigenvalue weighted by Crippen LogP contribution is 2.29. The first-order valence-electron chi connectivity index (χ1n) is 9.90. The number of carbonyl (C=O) groups is 4. The van der Waals surface area contributed by atoms with Crippen LogP contribution in [-0.2, 0) is 14.4 Å². The Kier molecular flexibility index (Phi) is 6.42. The van der Waals surface area contributed by atoms with Crippen LogP contribution in [0, 0.1) is 13.8 Å². The minimum atomic E-state index is -1.37. The Hall–Kier alpha value is -3.95. The third kappa shape index (κ3) is 4.69. The molecule has 10 nitrogen and oxygen atoms in total. The molecule has 0 saturated carbocycles. The Labute approximate surface area is 184 Å². The number of nitrogens with zero attached hydrogens (tertiary/aromatic N) is 2. The van der Waals surface area contributed by atoms with Crippen molar-refractivity contribution in [2.75, 3.05) is 7.05 Å². The minimum Gasteiger partial charge on any atom is -0.481 e. The van der Waals surface area contributed by atoms with Crippen molar-refractivity contribution < 1.29 is 28.8 Å². The molecule has 2 atom stereocenters. The quantitative estimate of drug-likeness (QED) is 0.584. The fourth-order valence-corrected chi connectivity index (χ4v) is 3.57. The zero-order valence-corrected chi connectivity index (χ0v) is 18.1. The van der Waals surface area contributed by atoms with Crippen molar-refractivity contribution in [3.63, 3.8) is 0 Å². The molecule has 0 aliphatic carbocycles. The Morgan fingerprint density at radius 1 is 1.25 bits per heavy atom. The highest BCUT2D eigenvalue weighted by molar-refractivity contribution is 6.14. The van der Waals surface area contributed by atoms with Gasteiger partial charge in [-0.2, -0.15) is 0 Å². The number of aliphatic carboxylic acids is 1. The van der Waals surface area contributed by atoms with Crippen LogP contribution in [-0.4, -0.2) is 51.9 Å². The first kappa shape index (κ1) is 22.7. The van der Waals surface area contributed by atoms with E-state index in [-0.39, 0.29) is 0 Å². The maximum Gasteiger partial charge on any atom is 0.316 e. The van der Waals surface area contributed by atoms with Crippen molar-refractivity contribution in [2.45, 2.75) is 39.3 Å². The van der Waals surface area contributed by atoms with E-state index in [0.717, 1.165) is 11.1 Å². The van der Waals surface area contributed by atoms with Crippen LogP contribution in [0.15, 0.2) is 40.6 Å². The molecule has 10 heteroatoms. The first-order valence-corrected chi connectivity index (χ1v) is 9.90. The van der Waals surface area contributed by atoms with E-state index in [9.17, 15) is 24.3 Å². The number of ketones is 1. The Balaban J connectivity index is 1.83. The summed E-state index contributed by atoms with van der Waals surface area (Å²) in [6, 6.07) is 3.90. The topological polar surface area (TPSA) is 142 Å². The first-order chi connectivity index (χ1) is 15.1. The summed E-state index contributed by atoms with van der Waals surface area (Å²) in [5, 5.41) is 18.2. The molecule has 1 aromatic heterocycles. The molecule has 3 N–H and O–H groups in total. The van der Waals surface area contributed by atoms with E-state index in [1.807, 2.05) is 6.07 Å². The summed E-state index contributed by atoms with van der Waals surface area (Å²) in [5.74, 6) is -1.63. The fourth-order valence-electron chi connectivity index (χ4n) is 3.57. The average Bonchev–Trinajstić information content (AvgIpc) is 3.07. The molecule has 168 valence electrons. The third-order valence-corrected chi connectivity index (χ3v) is 5.31. The van der Waals surface area contributed by atoms with Gasteiger partial charge in [0.2, 0.25) is 0 Å². The van der Waals surface area contributed by atoms with Gasteiger partial charge >= 0.3 is 12.0 Å². The second kappa shape index (κ2) is 9.04. The molecule has 1 aromatic carbocycles. The maximum atomic E-state index is 12.6. The number of likely N-dealkylation sites (N-methyl/N-ethyl adjacent to an activating group) is 1. The van der Waals surface area contributed by atoms with Crippen LogP contribution in [0.1, 0.15) is 36.4 Å². The monoisotopic (exact) mass is 440 g/mol. The van der Waals surface area contributed by atoms with Gasteiger partial charge in [-0.3, -0.25) is 14.4 Å². The molecule has 3 rings (SSSR count). The van der Waals surface area contributed by atoms with Gasteiger partial charge in [0.15, 0.2) is 11.8 Å². The van der Waals surface area contributed by atoms with E-state index in [0.29, 0.717) is 22.7 Å². The van der Waals surface area contributed by atoms with Gasteiger partial charge < -0.3 is 25.2 Å². The molecule has 0 fully saturated rings. The van der Waals surface area contributed by atoms with Gasteiger partial charge in [0.1, 0.15) is 5.76 Å². The van der Waals surface area contributed by atoms with Gasteiger partial charge in [0.05, 0.1) is 18.2 Å². The van der Waals surface area contributed by atoms with Crippen LogP contribution in [0.5, 0.6) is 0 Å². The van der Waals surface area contributed by atoms with Gasteiger partial charge in [-0.05, 0) is 38.0 Å². The molecule has 0 radical (unpaired) electrons. The largest absolute Gasteiger partial charge is 0.481 e. The number of urea groups is 1. The predicted octanol–water partition coefficient (Wildman–Crippen LogP) is 2.09. The number of hydrogen-bond acceptors (Lipinski definition) is 6. The van der Waals surface area contributed by atoms with E-state index in [4.69, 9.17) is 4.52 Å². The van der Waals surface area contributed by atoms with Gasteiger partial charge in [-0.25, -0.2) is 4.79 Å². The van der Waals surface area contributed by atoms with Gasteiger partial charge in [0.25, 0.3) is 5.91 Å². The van der Waals surface area contributed by atoms with Gasteiger partial charge in [-0.15, -0.1) is 0 Å². The number of rotatable bonds is 6. The van der Waals surface area contributed by atoms with Crippen LogP contribution in [0.3, 0.4) is 0 Å². The summed E-state index contributed by atoms with van der Waals surface area (Å²) in [7, 11) is 1.50. The lowest BCUT2D eigenvalue weighted by Gasteiger charge is -2.28. The molecule has 2 unspecified atom stereocenters. The highest BCUT2D eigenvalue weighted by Gasteiger charge is 2.34. The second-order valence-corrected chi connectivity index (χ2v) is 7.61. The van der Waals surface area contributed by atoms with Crippen LogP contribution in [0.4, 0.5) is 4.79 Å². The van der Waals surface area contributed by atoms with Crippen molar-refractivity contribution in [3.8, 4) is 11.1 Å². The zero-order chi connectivity index (χ0) is 23.6. The van der Waals surface area contributed by atoms with Crippen molar-refractivity contribution in [1.82, 2.24) is 20.7 Å². The average molecular weight is 440 g/mol. The van der Waals surface area contributed by atoms with E-state index in [1.54, 1.807) is 39.0 Å². The fraction of sp³-hybridized carbons (Fsp3) is 0.318. The van der Waals surface area contributed by atoms with Crippen molar-refractivity contribution >= 4 is 23.7 Å². The molecule has 0 spiro atoms. The van der Waals surface area contributed by atoms with Crippen LogP contribution in [0.25, 0.3) is 11.1 Å². The standard InChI is InChI=1S/C22H24N4O6/c1-11-8-17(27)20(21(30)26(11)4)24-22(31)23-16(10-18(28)29)14-6-5-7-15(9-14)19-12(2)25-32-13(19)3/h5-9,16,20H,10H2,1-4H3,(H,28,29)(H2,23,24,31). The smallest absolute Gasteiger partial charge is 0.316 e. The summed E-state index contributed by atoms with van der Waals surface area (Å²) in [5.41, 5.74) is 3.24. The molecule has 2 heterocycles. The number of hydrogen-bond donors (Lipinski definition) is 3. The molecule has 32 heavy (non-hydrogen) atoms. The molecular weight excluding hydrogens is 416 g/mol. The lowest BCUT2D eigenvalue weighted by Crippen LogP contribution is -2.56. The summed E-state index contributed by atoms with van der Waals surface area (Å²) in [4.78, 5) is 49.9. The SMILES string of the molecule is CC1=CC(=O)C(NC(=O)NC(CC(=O)O)c2cccc(-c3c(C)noc3C)c2)C(=O)N1C. The Morgan fingerprint density at radius 2 is 1.97 bits per heavy atom. The lowest BCUT2D eigenvalue weighted by molar-refractivity contribution is -0.138. The van der Waals surface area contributed by atoms with Crippen molar-refractivity contribution in [2.24, 2.45) is 0 Å². The number of allylic oxidation sites excluding steroid dienone is 1. The number of carboxylic acids is 1. The number of nitrogens with one attached hydrogen (secondary N) is 2. The maximum absolute atomic E-state index is 12.6. The molecular formula is C22H24N4O6. The highest BCUT2D eigenvalue weighted by atomic mass is 16.5. The number of aromatic nitrogens is 1. The number of amides is 3. The molecule has 0 saturated heterocycles. The molecule has 1 aliphatic rings. The molecule has 1 aliphatic heterocycles. The Bertz CT molecular complexity index is 1100. The van der Waals surface area contributed by atoms with E-state index in [1.165, 1.54) is 18.0 Å². The van der Waals surface area contributed by atoms with Crippen molar-refractivity contribution in [3.05, 3.63) is 53.1 Å². The molecule has 3 amide bonds. The van der Waals surface area contributed by atoms with Crippen molar-refractivity contribution in [1.29, 1.82) is 0 Å². The Morgan fingerprint density at radius 3 is 2.59 bits per heavy atom. The van der Waals surface area contributed by atoms with E-state index >= 15 is 0 Å². The normalized spacial score (nSPS) is 17.1. The number of benzene rings is 1. The summed E-state index contributed by atoms with van der Waals surface area (Å²) in [6.07, 6.45) is 0.873. The van der Waals surface area contributed by atoms with Crippen LogP contribution >= 0.6 is 0 Å². The van der Waals surface area contributed by atoms with E-state index < -0.39 is 42.2 Å². The van der Waals surface area contributed by atoms with Crippen LogP contribution in [0.2, 0.25) is 0 Å². The number of carbonyl (C=O) groups excluding carboxylic acids is 3. The predicted molar refractivity (Wildman–Crippen MR) is 113 cm³/mol. The minimum absolute atomic E-state index is 0.399. The zero-order valence-electron chi connectivity index (χ0n) is 18.1.